The van der Waals surface area contributed by atoms with E-state index in [0.717, 1.165) is 46.6 Å². The molecule has 0 bridgehead atoms. The van der Waals surface area contributed by atoms with Gasteiger partial charge in [-0.25, -0.2) is 0 Å². The lowest BCUT2D eigenvalue weighted by atomic mass is 9.88. The molecule has 0 aliphatic carbocycles. The maximum Gasteiger partial charge on any atom is 0.0718 e. The van der Waals surface area contributed by atoms with Crippen LogP contribution in [0.5, 0.6) is 0 Å². The third kappa shape index (κ3) is 8.75. The van der Waals surface area contributed by atoms with Crippen LogP contribution in [0.15, 0.2) is 71.9 Å². The van der Waals surface area contributed by atoms with Crippen molar-refractivity contribution < 1.29 is 4.74 Å². The third-order valence-electron chi connectivity index (χ3n) is 5.53. The molecule has 2 unspecified atom stereocenters. The van der Waals surface area contributed by atoms with E-state index in [-0.39, 0.29) is 0 Å². The van der Waals surface area contributed by atoms with Crippen LogP contribution >= 0.6 is 0 Å². The van der Waals surface area contributed by atoms with E-state index in [4.69, 9.17) is 4.74 Å². The zero-order valence-corrected chi connectivity index (χ0v) is 18.8. The fraction of sp³-hybridized carbons (Fsp3) is 0.538. The third-order valence-corrected chi connectivity index (χ3v) is 5.53. The summed E-state index contributed by atoms with van der Waals surface area (Å²) in [7, 11) is 1.72. The first-order valence-corrected chi connectivity index (χ1v) is 10.4. The monoisotopic (exact) mass is 370 g/mol. The molecule has 0 saturated carbocycles. The van der Waals surface area contributed by atoms with Gasteiger partial charge in [0.2, 0.25) is 0 Å². The van der Waals surface area contributed by atoms with Crippen molar-refractivity contribution in [2.45, 2.75) is 66.7 Å². The van der Waals surface area contributed by atoms with Crippen LogP contribution in [0.25, 0.3) is 0 Å². The van der Waals surface area contributed by atoms with Crippen molar-refractivity contribution in [3.8, 4) is 0 Å². The van der Waals surface area contributed by atoms with E-state index in [1.165, 1.54) is 24.8 Å². The van der Waals surface area contributed by atoms with Gasteiger partial charge in [0.25, 0.3) is 0 Å². The average Bonchev–Trinajstić information content (AvgIpc) is 2.68. The van der Waals surface area contributed by atoms with Crippen LogP contribution in [0.3, 0.4) is 0 Å². The topological polar surface area (TPSA) is 9.23 Å². The molecule has 2 atom stereocenters. The molecule has 0 N–H and O–H groups in total. The fourth-order valence-electron chi connectivity index (χ4n) is 2.96. The summed E-state index contributed by atoms with van der Waals surface area (Å²) in [4.78, 5) is 0. The van der Waals surface area contributed by atoms with Gasteiger partial charge in [0.1, 0.15) is 0 Å². The van der Waals surface area contributed by atoms with E-state index >= 15 is 0 Å². The second-order valence-corrected chi connectivity index (χ2v) is 7.60. The van der Waals surface area contributed by atoms with Crippen molar-refractivity contribution in [2.24, 2.45) is 11.8 Å². The van der Waals surface area contributed by atoms with Gasteiger partial charge in [0.15, 0.2) is 0 Å². The molecule has 0 saturated heterocycles. The molecular formula is C26H42O. The summed E-state index contributed by atoms with van der Waals surface area (Å²) in [5.41, 5.74) is 6.51. The van der Waals surface area contributed by atoms with Crippen LogP contribution in [0.1, 0.15) is 66.7 Å². The summed E-state index contributed by atoms with van der Waals surface area (Å²) in [5, 5.41) is 0. The van der Waals surface area contributed by atoms with Gasteiger partial charge in [-0.3, -0.25) is 0 Å². The Hall–Kier alpha value is -1.60. The molecule has 0 radical (unpaired) electrons. The largest absolute Gasteiger partial charge is 0.380 e. The van der Waals surface area contributed by atoms with Crippen molar-refractivity contribution in [1.82, 2.24) is 0 Å². The molecule has 0 aromatic rings. The Kier molecular flexibility index (Phi) is 12.7. The van der Waals surface area contributed by atoms with Gasteiger partial charge in [-0.2, -0.15) is 0 Å². The fourth-order valence-corrected chi connectivity index (χ4v) is 2.96. The zero-order valence-electron chi connectivity index (χ0n) is 18.8. The molecule has 27 heavy (non-hydrogen) atoms. The van der Waals surface area contributed by atoms with E-state index in [1.54, 1.807) is 7.11 Å². The summed E-state index contributed by atoms with van der Waals surface area (Å²) in [6, 6.07) is 0. The summed E-state index contributed by atoms with van der Waals surface area (Å²) >= 11 is 0. The van der Waals surface area contributed by atoms with Crippen molar-refractivity contribution in [3.05, 3.63) is 71.9 Å². The molecule has 1 heteroatoms. The number of hydrogen-bond acceptors (Lipinski definition) is 1. The van der Waals surface area contributed by atoms with Crippen LogP contribution in [0, 0.1) is 11.8 Å². The van der Waals surface area contributed by atoms with E-state index in [0.29, 0.717) is 12.5 Å². The normalized spacial score (nSPS) is 14.6. The van der Waals surface area contributed by atoms with Crippen LogP contribution in [-0.4, -0.2) is 13.7 Å². The molecule has 0 aromatic heterocycles. The Morgan fingerprint density at radius 2 is 1.52 bits per heavy atom. The lowest BCUT2D eigenvalue weighted by molar-refractivity contribution is 0.226. The first kappa shape index (κ1) is 25.4. The molecule has 0 aromatic carbocycles. The predicted octanol–water partition coefficient (Wildman–Crippen LogP) is 7.99. The van der Waals surface area contributed by atoms with Crippen LogP contribution < -0.4 is 0 Å². The second-order valence-electron chi connectivity index (χ2n) is 7.60. The van der Waals surface area contributed by atoms with Gasteiger partial charge in [-0.05, 0) is 59.0 Å². The number of methoxy groups -OCH3 is 1. The Morgan fingerprint density at radius 3 is 2.00 bits per heavy atom. The zero-order chi connectivity index (χ0) is 21.0. The van der Waals surface area contributed by atoms with Crippen LogP contribution in [0.2, 0.25) is 0 Å². The minimum atomic E-state index is 0.487. The summed E-state index contributed by atoms with van der Waals surface area (Å²) < 4.78 is 5.40. The molecule has 0 aliphatic rings. The summed E-state index contributed by atoms with van der Waals surface area (Å²) in [5.74, 6) is 1.27. The van der Waals surface area contributed by atoms with Gasteiger partial charge in [-0.1, -0.05) is 91.5 Å². The standard InChI is InChI=1S/C26H42O/c1-11-19(4)14-15-21(6)22(7)16-17-23(8)24(9)25(13-3)26(18-27-10)20(5)12-2/h16-17,19,21H,5,7-9,11-15,18H2,1-4,6,10H3/b17-16-,26-25-. The maximum absolute atomic E-state index is 5.40. The van der Waals surface area contributed by atoms with Gasteiger partial charge >= 0.3 is 0 Å². The molecular weight excluding hydrogens is 328 g/mol. The highest BCUT2D eigenvalue weighted by molar-refractivity contribution is 5.54. The second kappa shape index (κ2) is 13.6. The Labute approximate surface area is 169 Å². The van der Waals surface area contributed by atoms with E-state index in [1.807, 2.05) is 0 Å². The highest BCUT2D eigenvalue weighted by Crippen LogP contribution is 2.29. The number of hydrogen-bond donors (Lipinski definition) is 0. The SMILES string of the molecule is C=C(/C=C\C(=C)C(C)CCC(C)CC)C(=C)/C(CC)=C(/COC)C(=C)CC. The van der Waals surface area contributed by atoms with E-state index in [9.17, 15) is 0 Å². The van der Waals surface area contributed by atoms with Crippen LogP contribution in [-0.2, 0) is 4.74 Å². The molecule has 0 aliphatic heterocycles. The van der Waals surface area contributed by atoms with Gasteiger partial charge in [0.05, 0.1) is 6.61 Å². The van der Waals surface area contributed by atoms with Crippen LogP contribution in [0.4, 0.5) is 0 Å². The highest BCUT2D eigenvalue weighted by Gasteiger charge is 2.13. The lowest BCUT2D eigenvalue weighted by Gasteiger charge is -2.18. The highest BCUT2D eigenvalue weighted by atomic mass is 16.5. The Balaban J connectivity index is 5.19. The Bertz CT molecular complexity index is 585. The minimum absolute atomic E-state index is 0.487. The minimum Gasteiger partial charge on any atom is -0.380 e. The molecule has 152 valence electrons. The van der Waals surface area contributed by atoms with Crippen molar-refractivity contribution in [3.63, 3.8) is 0 Å². The molecule has 0 heterocycles. The average molecular weight is 371 g/mol. The molecule has 0 spiro atoms. The van der Waals surface area contributed by atoms with Gasteiger partial charge in [-0.15, -0.1) is 0 Å². The van der Waals surface area contributed by atoms with Gasteiger partial charge < -0.3 is 4.74 Å². The summed E-state index contributed by atoms with van der Waals surface area (Å²) in [6.07, 6.45) is 9.62. The number of rotatable bonds is 14. The number of ether oxygens (including phenoxy) is 1. The first-order chi connectivity index (χ1) is 12.7. The van der Waals surface area contributed by atoms with Crippen molar-refractivity contribution in [1.29, 1.82) is 0 Å². The predicted molar refractivity (Wildman–Crippen MR) is 123 cm³/mol. The molecule has 0 fully saturated rings. The quantitative estimate of drug-likeness (QED) is 0.281. The Morgan fingerprint density at radius 1 is 0.889 bits per heavy atom. The molecule has 0 rings (SSSR count). The number of allylic oxidation sites excluding steroid dienone is 6. The smallest absolute Gasteiger partial charge is 0.0718 e. The van der Waals surface area contributed by atoms with E-state index in [2.05, 4.69) is 73.1 Å². The molecule has 1 nitrogen and oxygen atoms in total. The van der Waals surface area contributed by atoms with Gasteiger partial charge in [0, 0.05) is 7.11 Å². The first-order valence-electron chi connectivity index (χ1n) is 10.4. The summed E-state index contributed by atoms with van der Waals surface area (Å²) in [6.45, 7) is 28.7. The lowest BCUT2D eigenvalue weighted by Crippen LogP contribution is -2.04. The molecule has 0 amide bonds. The maximum atomic E-state index is 5.40. The van der Waals surface area contributed by atoms with Crippen molar-refractivity contribution in [2.75, 3.05) is 13.7 Å². The van der Waals surface area contributed by atoms with Crippen molar-refractivity contribution >= 4 is 0 Å². The van der Waals surface area contributed by atoms with E-state index < -0.39 is 0 Å².